The minimum atomic E-state index is -4.44. The molecule has 40 heavy (non-hydrogen) atoms. The Balaban J connectivity index is 1.56. The number of allylic oxidation sites excluding steroid dienone is 3. The molecule has 1 N–H and O–H groups in total. The van der Waals surface area contributed by atoms with Gasteiger partial charge < -0.3 is 5.32 Å². The lowest BCUT2D eigenvalue weighted by Crippen LogP contribution is -2.66. The first-order valence-electron chi connectivity index (χ1n) is 15.1. The van der Waals surface area contributed by atoms with Gasteiger partial charge in [-0.3, -0.25) is 9.59 Å². The van der Waals surface area contributed by atoms with Crippen LogP contribution >= 0.6 is 0 Å². The Morgan fingerprint density at radius 2 is 1.70 bits per heavy atom. The van der Waals surface area contributed by atoms with Crippen LogP contribution in [0.15, 0.2) is 23.8 Å². The molecule has 1 amide bonds. The summed E-state index contributed by atoms with van der Waals surface area (Å²) in [6.45, 7) is 16.1. The summed E-state index contributed by atoms with van der Waals surface area (Å²) in [6.07, 6.45) is 4.01. The number of nitrogens with one attached hydrogen (secondary N) is 1. The summed E-state index contributed by atoms with van der Waals surface area (Å²) in [4.78, 5) is 26.9. The van der Waals surface area contributed by atoms with E-state index in [9.17, 15) is 28.0 Å². The van der Waals surface area contributed by atoms with Crippen molar-refractivity contribution in [1.82, 2.24) is 5.32 Å². The van der Waals surface area contributed by atoms with Gasteiger partial charge in [0.2, 0.25) is 5.91 Å². The largest absolute Gasteiger partial charge is 0.405 e. The number of Topliss-reactive ketones (excluding diaryl/α,β-unsaturated/α-hetero) is 1. The second kappa shape index (κ2) is 8.95. The molecular formula is C33H45F3N2O2. The summed E-state index contributed by atoms with van der Waals surface area (Å²) in [6, 6.07) is 2.21. The maximum Gasteiger partial charge on any atom is 0.405 e. The third kappa shape index (κ3) is 3.76. The van der Waals surface area contributed by atoms with E-state index in [1.807, 2.05) is 26.8 Å². The van der Waals surface area contributed by atoms with Gasteiger partial charge in [0.15, 0.2) is 5.78 Å². The molecule has 0 radical (unpaired) electrons. The van der Waals surface area contributed by atoms with Crippen molar-refractivity contribution in [3.8, 4) is 6.07 Å². The van der Waals surface area contributed by atoms with Crippen LogP contribution in [0.2, 0.25) is 0 Å². The zero-order valence-electron chi connectivity index (χ0n) is 24.9. The van der Waals surface area contributed by atoms with Crippen LogP contribution in [0.4, 0.5) is 13.2 Å². The van der Waals surface area contributed by atoms with Crippen molar-refractivity contribution in [2.24, 2.45) is 56.7 Å². The number of amides is 1. The number of carbonyl (C=O) groups excluding carboxylic acids is 2. The second-order valence-corrected chi connectivity index (χ2v) is 15.2. The predicted octanol–water partition coefficient (Wildman–Crippen LogP) is 7.56. The van der Waals surface area contributed by atoms with Gasteiger partial charge in [0.25, 0.3) is 0 Å². The van der Waals surface area contributed by atoms with Gasteiger partial charge in [-0.1, -0.05) is 52.8 Å². The van der Waals surface area contributed by atoms with Crippen LogP contribution in [-0.2, 0) is 9.59 Å². The lowest BCUT2D eigenvalue weighted by Gasteiger charge is -2.71. The van der Waals surface area contributed by atoms with Crippen LogP contribution in [0.3, 0.4) is 0 Å². The maximum atomic E-state index is 13.7. The number of hydrogen-bond acceptors (Lipinski definition) is 3. The van der Waals surface area contributed by atoms with Crippen LogP contribution in [0.1, 0.15) is 92.9 Å². The minimum absolute atomic E-state index is 0.0325. The minimum Gasteiger partial charge on any atom is -0.346 e. The van der Waals surface area contributed by atoms with E-state index in [1.54, 1.807) is 0 Å². The summed E-state index contributed by atoms with van der Waals surface area (Å²) in [5, 5.41) is 12.2. The molecule has 5 aliphatic rings. The van der Waals surface area contributed by atoms with Gasteiger partial charge in [-0.2, -0.15) is 18.4 Å². The molecule has 5 rings (SSSR count). The molecular weight excluding hydrogens is 513 g/mol. The fourth-order valence-corrected chi connectivity index (χ4v) is 11.5. The highest BCUT2D eigenvalue weighted by Gasteiger charge is 2.72. The first kappa shape index (κ1) is 29.4. The summed E-state index contributed by atoms with van der Waals surface area (Å²) in [5.41, 5.74) is -0.609. The average molecular weight is 559 g/mol. The fourth-order valence-electron chi connectivity index (χ4n) is 11.5. The molecule has 5 aliphatic carbocycles. The monoisotopic (exact) mass is 558 g/mol. The first-order valence-corrected chi connectivity index (χ1v) is 15.1. The van der Waals surface area contributed by atoms with E-state index in [0.29, 0.717) is 12.8 Å². The molecule has 0 aromatic carbocycles. The summed E-state index contributed by atoms with van der Waals surface area (Å²) < 4.78 is 39.4. The number of halogens is 3. The summed E-state index contributed by atoms with van der Waals surface area (Å²) in [5.74, 6) is 0.210. The Bertz CT molecular complexity index is 1210. The summed E-state index contributed by atoms with van der Waals surface area (Å²) >= 11 is 0. The van der Waals surface area contributed by atoms with Crippen molar-refractivity contribution in [3.05, 3.63) is 23.8 Å². The Labute approximate surface area is 237 Å². The number of ketones is 1. The van der Waals surface area contributed by atoms with E-state index < -0.39 is 29.5 Å². The normalized spacial score (nSPS) is 45.6. The van der Waals surface area contributed by atoms with Crippen molar-refractivity contribution in [2.75, 3.05) is 6.54 Å². The Kier molecular flexibility index (Phi) is 6.58. The lowest BCUT2D eigenvalue weighted by atomic mass is 9.32. The highest BCUT2D eigenvalue weighted by Crippen LogP contribution is 2.77. The summed E-state index contributed by atoms with van der Waals surface area (Å²) in [7, 11) is 0. The van der Waals surface area contributed by atoms with Crippen molar-refractivity contribution in [3.63, 3.8) is 0 Å². The van der Waals surface area contributed by atoms with Crippen LogP contribution in [0, 0.1) is 68.0 Å². The van der Waals surface area contributed by atoms with Crippen molar-refractivity contribution in [2.45, 2.75) is 99.1 Å². The fraction of sp³-hybridized carbons (Fsp3) is 0.788. The average Bonchev–Trinajstić information content (AvgIpc) is 3.26. The molecule has 4 fully saturated rings. The van der Waals surface area contributed by atoms with Gasteiger partial charge in [0.05, 0.1) is 11.0 Å². The van der Waals surface area contributed by atoms with Crippen LogP contribution in [0.5, 0.6) is 0 Å². The molecule has 0 aliphatic heterocycles. The van der Waals surface area contributed by atoms with E-state index in [2.05, 4.69) is 38.7 Å². The van der Waals surface area contributed by atoms with Crippen molar-refractivity contribution in [1.29, 1.82) is 5.26 Å². The SMILES string of the molecule is C=C(C)C1CC[C@]2(C(=O)NCC(F)(F)F)CC[C@]3(C)C(CC[C@@H]4[C@@]5(C)C=C(C#N)C(=O)C(C)(C)C5CC[C@]43C)C12. The molecule has 4 unspecified atom stereocenters. The van der Waals surface area contributed by atoms with Gasteiger partial charge in [0.1, 0.15) is 12.6 Å². The molecule has 0 aromatic rings. The molecule has 220 valence electrons. The molecule has 0 aromatic heterocycles. The van der Waals surface area contributed by atoms with Gasteiger partial charge in [0, 0.05) is 5.41 Å². The first-order chi connectivity index (χ1) is 18.4. The molecule has 0 heterocycles. The zero-order valence-corrected chi connectivity index (χ0v) is 24.9. The standard InChI is InChI=1S/C33H45F3N2O2/c1-19(2)21-10-13-32(27(40)38-18-33(34,35)36)15-14-30(6)22(25(21)32)8-9-24-29(5)16-20(17-37)26(39)28(3,4)23(29)11-12-31(24,30)7/h16,21-25H,1,8-15,18H2,2-7H3,(H,38,40)/t21?,22?,23?,24-,25?,29+,30-,31-,32+/m1/s1. The number of carbonyl (C=O) groups is 2. The van der Waals surface area contributed by atoms with Crippen LogP contribution in [0.25, 0.3) is 0 Å². The highest BCUT2D eigenvalue weighted by atomic mass is 19.4. The van der Waals surface area contributed by atoms with E-state index in [-0.39, 0.29) is 57.2 Å². The van der Waals surface area contributed by atoms with E-state index in [4.69, 9.17) is 0 Å². The molecule has 4 nitrogen and oxygen atoms in total. The van der Waals surface area contributed by atoms with E-state index in [0.717, 1.165) is 44.1 Å². The Morgan fingerprint density at radius 3 is 2.30 bits per heavy atom. The molecule has 0 saturated heterocycles. The number of nitrogens with zero attached hydrogens (tertiary/aromatic N) is 1. The maximum absolute atomic E-state index is 13.7. The molecule has 7 heteroatoms. The smallest absolute Gasteiger partial charge is 0.346 e. The van der Waals surface area contributed by atoms with E-state index >= 15 is 0 Å². The predicted molar refractivity (Wildman–Crippen MR) is 148 cm³/mol. The van der Waals surface area contributed by atoms with Gasteiger partial charge in [-0.25, -0.2) is 0 Å². The lowest BCUT2D eigenvalue weighted by molar-refractivity contribution is -0.218. The topological polar surface area (TPSA) is 70.0 Å². The molecule has 0 bridgehead atoms. The third-order valence-electron chi connectivity index (χ3n) is 13.4. The van der Waals surface area contributed by atoms with Gasteiger partial charge in [-0.05, 0) is 104 Å². The van der Waals surface area contributed by atoms with Crippen LogP contribution < -0.4 is 5.32 Å². The second-order valence-electron chi connectivity index (χ2n) is 15.2. The number of rotatable bonds is 3. The third-order valence-corrected chi connectivity index (χ3v) is 13.4. The van der Waals surface area contributed by atoms with Crippen LogP contribution in [-0.4, -0.2) is 24.4 Å². The van der Waals surface area contributed by atoms with Crippen molar-refractivity contribution < 1.29 is 22.8 Å². The van der Waals surface area contributed by atoms with Crippen molar-refractivity contribution >= 4 is 11.7 Å². The Hall–Kier alpha value is -2.10. The number of nitriles is 1. The molecule has 0 spiro atoms. The Morgan fingerprint density at radius 1 is 1.02 bits per heavy atom. The molecule has 9 atom stereocenters. The van der Waals surface area contributed by atoms with Gasteiger partial charge >= 0.3 is 6.18 Å². The number of alkyl halides is 3. The van der Waals surface area contributed by atoms with Gasteiger partial charge in [-0.15, -0.1) is 0 Å². The zero-order chi connectivity index (χ0) is 29.7. The number of hydrogen-bond donors (Lipinski definition) is 1. The quantitative estimate of drug-likeness (QED) is 0.364. The van der Waals surface area contributed by atoms with E-state index in [1.165, 1.54) is 0 Å². The molecule has 4 saturated carbocycles. The number of fused-ring (bicyclic) bond motifs is 7. The highest BCUT2D eigenvalue weighted by molar-refractivity contribution is 6.04.